The highest BCUT2D eigenvalue weighted by molar-refractivity contribution is 7.42. The summed E-state index contributed by atoms with van der Waals surface area (Å²) in [5, 5.41) is 19.6. The summed E-state index contributed by atoms with van der Waals surface area (Å²) >= 11 is 0. The Labute approximate surface area is 200 Å². The molecule has 0 aliphatic heterocycles. The highest BCUT2D eigenvalue weighted by Gasteiger charge is 2.72. The summed E-state index contributed by atoms with van der Waals surface area (Å²) in [5.74, 6) is 2.75. The first-order valence-electron chi connectivity index (χ1n) is 11.5. The van der Waals surface area contributed by atoms with Gasteiger partial charge in [0.25, 0.3) is 0 Å². The van der Waals surface area contributed by atoms with Crippen LogP contribution in [0.2, 0.25) is 0 Å². The van der Waals surface area contributed by atoms with Crippen molar-refractivity contribution in [2.24, 2.45) is 5.92 Å². The number of hydrogen-bond donors (Lipinski definition) is 3. The van der Waals surface area contributed by atoms with Crippen molar-refractivity contribution < 1.29 is 28.9 Å². The number of benzene rings is 1. The van der Waals surface area contributed by atoms with Gasteiger partial charge in [0.1, 0.15) is 5.82 Å². The monoisotopic (exact) mass is 486 g/mol. The molecule has 1 heterocycles. The lowest BCUT2D eigenvalue weighted by atomic mass is 9.77. The van der Waals surface area contributed by atoms with Crippen LogP contribution in [0.25, 0.3) is 0 Å². The molecule has 0 spiro atoms. The smallest absolute Gasteiger partial charge is 0.477 e. The van der Waals surface area contributed by atoms with Crippen LogP contribution in [-0.2, 0) is 21.4 Å². The van der Waals surface area contributed by atoms with Crippen LogP contribution in [0, 0.1) is 23.6 Å². The number of aliphatic carboxylic acids is 1. The molecule has 0 bridgehead atoms. The summed E-state index contributed by atoms with van der Waals surface area (Å²) in [7, 11) is -3.54. The van der Waals surface area contributed by atoms with Gasteiger partial charge in [0, 0.05) is 24.0 Å². The van der Waals surface area contributed by atoms with E-state index in [0.29, 0.717) is 11.3 Å². The number of carboxylic acid groups (broad SMARTS) is 1. The van der Waals surface area contributed by atoms with Crippen molar-refractivity contribution in [3.8, 4) is 11.8 Å². The average molecular weight is 487 g/mol. The fourth-order valence-corrected chi connectivity index (χ4v) is 5.31. The van der Waals surface area contributed by atoms with E-state index in [2.05, 4.69) is 16.8 Å². The number of hydrogen-bond acceptors (Lipinski definition) is 4. The fourth-order valence-electron chi connectivity index (χ4n) is 4.48. The quantitative estimate of drug-likeness (QED) is 0.379. The summed E-state index contributed by atoms with van der Waals surface area (Å²) in [6.45, 7) is 3.43. The van der Waals surface area contributed by atoms with Gasteiger partial charge in [-0.2, -0.15) is 4.89 Å². The van der Waals surface area contributed by atoms with Gasteiger partial charge >= 0.3 is 19.2 Å². The zero-order chi connectivity index (χ0) is 24.9. The van der Waals surface area contributed by atoms with Crippen LogP contribution < -0.4 is 0 Å². The Morgan fingerprint density at radius 1 is 1.18 bits per heavy atom. The summed E-state index contributed by atoms with van der Waals surface area (Å²) < 4.78 is 26.3. The number of nitrogens with zero attached hydrogens (tertiary/aromatic N) is 1. The molecule has 1 aliphatic carbocycles. The van der Waals surface area contributed by atoms with Crippen LogP contribution in [0.1, 0.15) is 68.8 Å². The fraction of sp³-hybridized carbons (Fsp3) is 0.462. The molecule has 3 N–H and O–H groups in total. The molecule has 1 fully saturated rings. The number of aliphatic hydroxyl groups is 1. The molecule has 1 aromatic carbocycles. The SMILES string of the molecule is CC(C)C#CC(C(=O)O)([P+](=O)O)C(O)(Cc1ccc(F)cc1)c1cccc(C2CCCCC2)n1. The molecule has 1 saturated carbocycles. The minimum atomic E-state index is -3.54. The lowest BCUT2D eigenvalue weighted by molar-refractivity contribution is -0.146. The van der Waals surface area contributed by atoms with E-state index in [1.54, 1.807) is 19.9 Å². The number of carbonyl (C=O) groups is 1. The molecule has 34 heavy (non-hydrogen) atoms. The molecule has 8 heteroatoms. The lowest BCUT2D eigenvalue weighted by Gasteiger charge is -2.33. The van der Waals surface area contributed by atoms with Crippen LogP contribution in [0.3, 0.4) is 0 Å². The van der Waals surface area contributed by atoms with E-state index in [9.17, 15) is 28.9 Å². The van der Waals surface area contributed by atoms with Crippen molar-refractivity contribution in [3.05, 3.63) is 65.2 Å². The molecule has 3 unspecified atom stereocenters. The second kappa shape index (κ2) is 10.7. The first kappa shape index (κ1) is 26.0. The summed E-state index contributed by atoms with van der Waals surface area (Å²) in [4.78, 5) is 27.6. The standard InChI is InChI=1S/C26H29FNO5P/c1-18(2)15-16-26(24(29)30,34(32)33)25(31,17-19-11-13-21(27)14-12-19)23-10-6-9-22(28-23)20-7-4-3-5-8-20/h6,9-14,18,20,31H,3-5,7-8,17H2,1-2H3,(H-,29,30,32,33)/p+1. The predicted octanol–water partition coefficient (Wildman–Crippen LogP) is 4.92. The third-order valence-electron chi connectivity index (χ3n) is 6.33. The van der Waals surface area contributed by atoms with Crippen molar-refractivity contribution in [2.75, 3.05) is 0 Å². The molecule has 0 amide bonds. The second-order valence-corrected chi connectivity index (χ2v) is 10.4. The predicted molar refractivity (Wildman–Crippen MR) is 127 cm³/mol. The zero-order valence-electron chi connectivity index (χ0n) is 19.4. The molecule has 3 atom stereocenters. The van der Waals surface area contributed by atoms with Crippen molar-refractivity contribution in [1.29, 1.82) is 0 Å². The van der Waals surface area contributed by atoms with E-state index in [-0.39, 0.29) is 17.5 Å². The van der Waals surface area contributed by atoms with Crippen molar-refractivity contribution in [1.82, 2.24) is 4.98 Å². The normalized spacial score (nSPS) is 18.4. The molecule has 1 aliphatic rings. The third-order valence-corrected chi connectivity index (χ3v) is 7.57. The Morgan fingerprint density at radius 2 is 1.82 bits per heavy atom. The molecule has 3 rings (SSSR count). The van der Waals surface area contributed by atoms with Gasteiger partial charge in [-0.15, -0.1) is 0 Å². The van der Waals surface area contributed by atoms with E-state index in [1.807, 2.05) is 6.07 Å². The molecule has 1 aromatic heterocycles. The Kier molecular flexibility index (Phi) is 8.20. The van der Waals surface area contributed by atoms with Crippen LogP contribution >= 0.6 is 8.03 Å². The molecular weight excluding hydrogens is 456 g/mol. The van der Waals surface area contributed by atoms with Crippen molar-refractivity contribution in [2.45, 2.75) is 69.0 Å². The summed E-state index contributed by atoms with van der Waals surface area (Å²) in [6.07, 6.45) is 4.71. The van der Waals surface area contributed by atoms with E-state index in [1.165, 1.54) is 30.3 Å². The van der Waals surface area contributed by atoms with Gasteiger partial charge in [0.2, 0.25) is 0 Å². The van der Waals surface area contributed by atoms with E-state index >= 15 is 0 Å². The van der Waals surface area contributed by atoms with E-state index < -0.39 is 37.0 Å². The summed E-state index contributed by atoms with van der Waals surface area (Å²) in [5.41, 5.74) is -1.43. The molecule has 2 aromatic rings. The largest absolute Gasteiger partial charge is 0.541 e. The third kappa shape index (κ3) is 5.20. The van der Waals surface area contributed by atoms with Gasteiger partial charge < -0.3 is 10.2 Å². The highest BCUT2D eigenvalue weighted by Crippen LogP contribution is 2.50. The summed E-state index contributed by atoms with van der Waals surface area (Å²) in [6, 6.07) is 10.1. The number of carboxylic acids is 1. The van der Waals surface area contributed by atoms with Crippen LogP contribution in [0.4, 0.5) is 4.39 Å². The second-order valence-electron chi connectivity index (χ2n) is 9.16. The van der Waals surface area contributed by atoms with Gasteiger partial charge in [-0.05, 0) is 53.2 Å². The number of rotatable bonds is 7. The average Bonchev–Trinajstić information content (AvgIpc) is 2.81. The van der Waals surface area contributed by atoms with Gasteiger partial charge in [-0.3, -0.25) is 4.98 Å². The van der Waals surface area contributed by atoms with Crippen LogP contribution in [-0.4, -0.2) is 31.2 Å². The molecule has 0 saturated heterocycles. The maximum absolute atomic E-state index is 13.5. The van der Waals surface area contributed by atoms with Crippen molar-refractivity contribution in [3.63, 3.8) is 0 Å². The van der Waals surface area contributed by atoms with E-state index in [0.717, 1.165) is 32.1 Å². The number of aromatic nitrogens is 1. The van der Waals surface area contributed by atoms with E-state index in [4.69, 9.17) is 0 Å². The Hall–Kier alpha value is -2.65. The van der Waals surface area contributed by atoms with Gasteiger partial charge in [0.15, 0.2) is 5.60 Å². The van der Waals surface area contributed by atoms with Crippen molar-refractivity contribution >= 4 is 14.0 Å². The topological polar surface area (TPSA) is 108 Å². The van der Waals surface area contributed by atoms with Crippen LogP contribution in [0.5, 0.6) is 0 Å². The molecule has 180 valence electrons. The van der Waals surface area contributed by atoms with Gasteiger partial charge in [-0.25, -0.2) is 9.18 Å². The lowest BCUT2D eigenvalue weighted by Crippen LogP contribution is -2.56. The first-order valence-corrected chi connectivity index (χ1v) is 12.7. The first-order chi connectivity index (χ1) is 16.1. The molecule has 6 nitrogen and oxygen atoms in total. The minimum absolute atomic E-state index is 0.0437. The maximum Gasteiger partial charge on any atom is 0.541 e. The van der Waals surface area contributed by atoms with Crippen LogP contribution in [0.15, 0.2) is 42.5 Å². The Bertz CT molecular complexity index is 1090. The maximum atomic E-state index is 13.5. The Balaban J connectivity index is 2.25. The van der Waals surface area contributed by atoms with Gasteiger partial charge in [0.05, 0.1) is 5.69 Å². The number of pyridine rings is 1. The molecular formula is C26H30FNO5P+. The minimum Gasteiger partial charge on any atom is -0.477 e. The zero-order valence-corrected chi connectivity index (χ0v) is 20.3. The number of halogens is 1. The molecule has 0 radical (unpaired) electrons. The highest BCUT2D eigenvalue weighted by atomic mass is 31.1. The Morgan fingerprint density at radius 3 is 2.38 bits per heavy atom. The van der Waals surface area contributed by atoms with Gasteiger partial charge in [-0.1, -0.05) is 57.2 Å².